The van der Waals surface area contributed by atoms with Crippen molar-refractivity contribution >= 4 is 70.2 Å². The highest BCUT2D eigenvalue weighted by molar-refractivity contribution is 6.08. The normalized spacial score (nSPS) is 11.8. The Kier molecular flexibility index (Phi) is 9.98. The van der Waals surface area contributed by atoms with Gasteiger partial charge in [-0.25, -0.2) is 29.1 Å². The summed E-state index contributed by atoms with van der Waals surface area (Å²) >= 11 is 0. The minimum absolute atomic E-state index is 0.0214. The number of carboxylic acids is 4. The monoisotopic (exact) mass is 846 g/mol. The molecule has 0 saturated carbocycles. The Hall–Kier alpha value is -8.64. The number of aromatic carboxylic acids is 4. The number of rotatable bonds is 8. The number of hydrogen-bond acceptors (Lipinski definition) is 6. The molecule has 5 heterocycles. The lowest BCUT2D eigenvalue weighted by Gasteiger charge is -2.11. The number of benzene rings is 4. The molecular weight excluding hydrogens is 809 g/mol. The molecule has 6 N–H and O–H groups in total. The van der Waals surface area contributed by atoms with Gasteiger partial charge in [-0.15, -0.1) is 0 Å². The Balaban J connectivity index is 1.54. The van der Waals surface area contributed by atoms with Crippen LogP contribution in [0.1, 0.15) is 86.5 Å². The topological polar surface area (TPSA) is 207 Å². The molecule has 8 bridgehead atoms. The zero-order chi connectivity index (χ0) is 45.1. The van der Waals surface area contributed by atoms with Crippen LogP contribution in [0.3, 0.4) is 0 Å². The van der Waals surface area contributed by atoms with Gasteiger partial charge in [-0.3, -0.25) is 0 Å². The predicted molar refractivity (Wildman–Crippen MR) is 247 cm³/mol. The van der Waals surface area contributed by atoms with Crippen LogP contribution in [0, 0.1) is 27.7 Å². The summed E-state index contributed by atoms with van der Waals surface area (Å²) in [5.41, 5.74) is 9.36. The van der Waals surface area contributed by atoms with Crippen LogP contribution >= 0.6 is 0 Å². The molecule has 0 spiro atoms. The number of carbonyl (C=O) groups is 4. The predicted octanol–water partition coefficient (Wildman–Crippen LogP) is 11.4. The van der Waals surface area contributed by atoms with Crippen LogP contribution < -0.4 is 0 Å². The molecule has 314 valence electrons. The summed E-state index contributed by atoms with van der Waals surface area (Å²) in [6.45, 7) is 7.19. The van der Waals surface area contributed by atoms with E-state index in [0.29, 0.717) is 89.4 Å². The van der Waals surface area contributed by atoms with Crippen molar-refractivity contribution < 1.29 is 39.6 Å². The summed E-state index contributed by atoms with van der Waals surface area (Å²) < 4.78 is 0. The fourth-order valence-corrected chi connectivity index (χ4v) is 8.55. The SMILES string of the molecule is Cc1ccc(-c2c3nc(c(-c4ccc(C)cc4C(=O)O)c4ccc([nH]4)c(-c4ccc(C)cc4C(=O)O)c4nc(c(-c5ccc(C)cc5C(=O)O)c5ccc2[nH]5)C=C4)C=C3)c(C(=O)O)c1. The highest BCUT2D eigenvalue weighted by Gasteiger charge is 2.25. The highest BCUT2D eigenvalue weighted by Crippen LogP contribution is 2.41. The number of H-pyrrole nitrogens is 2. The first-order valence-corrected chi connectivity index (χ1v) is 20.2. The van der Waals surface area contributed by atoms with E-state index in [0.717, 1.165) is 22.3 Å². The Bertz CT molecular complexity index is 3020. The Morgan fingerprint density at radius 2 is 0.578 bits per heavy atom. The molecule has 2 aliphatic rings. The summed E-state index contributed by atoms with van der Waals surface area (Å²) in [4.78, 5) is 69.0. The van der Waals surface area contributed by atoms with E-state index < -0.39 is 23.9 Å². The number of aromatic amines is 2. The third-order valence-corrected chi connectivity index (χ3v) is 11.5. The standard InChI is InChI=1S/C52H38N4O8/c1-25-5-9-29(33(21-25)49(57)58)45-37-13-15-39(53-37)46(30-10-6-26(2)22-34(30)50(59)60)41-17-19-43(55-41)48(32-12-8-28(4)24-36(32)52(63)64)44-20-18-42(56-44)47(40-16-14-38(45)54-40)31-11-7-27(3)23-35(31)51(61)62/h5-24,53,56H,1-4H3,(H,57,58)(H,59,60)(H,61,62)(H,63,64). The second-order valence-corrected chi connectivity index (χ2v) is 15.9. The maximum atomic E-state index is 12.9. The zero-order valence-electron chi connectivity index (χ0n) is 34.9. The summed E-state index contributed by atoms with van der Waals surface area (Å²) in [6, 6.07) is 27.5. The van der Waals surface area contributed by atoms with Crippen molar-refractivity contribution in [2.45, 2.75) is 27.7 Å². The summed E-state index contributed by atoms with van der Waals surface area (Å²) in [7, 11) is 0. The maximum Gasteiger partial charge on any atom is 0.336 e. The molecule has 0 saturated heterocycles. The zero-order valence-corrected chi connectivity index (χ0v) is 34.9. The molecule has 0 amide bonds. The first-order valence-electron chi connectivity index (χ1n) is 20.2. The van der Waals surface area contributed by atoms with E-state index in [9.17, 15) is 39.6 Å². The van der Waals surface area contributed by atoms with Crippen molar-refractivity contribution in [3.8, 4) is 44.5 Å². The highest BCUT2D eigenvalue weighted by atomic mass is 16.4. The Morgan fingerprint density at radius 3 is 0.781 bits per heavy atom. The van der Waals surface area contributed by atoms with Gasteiger partial charge in [-0.2, -0.15) is 0 Å². The Morgan fingerprint density at radius 1 is 0.359 bits per heavy atom. The molecule has 3 aromatic heterocycles. The van der Waals surface area contributed by atoms with Gasteiger partial charge in [-0.1, -0.05) is 70.8 Å². The summed E-state index contributed by atoms with van der Waals surface area (Å²) in [5.74, 6) is -4.64. The van der Waals surface area contributed by atoms with Crippen LogP contribution in [0.5, 0.6) is 0 Å². The van der Waals surface area contributed by atoms with E-state index in [1.807, 2.05) is 0 Å². The minimum atomic E-state index is -1.16. The molecule has 12 heteroatoms. The first-order chi connectivity index (χ1) is 30.7. The molecule has 7 aromatic rings. The molecular formula is C52H38N4O8. The van der Waals surface area contributed by atoms with Gasteiger partial charge in [0.25, 0.3) is 0 Å². The molecule has 2 aliphatic heterocycles. The number of aromatic nitrogens is 4. The van der Waals surface area contributed by atoms with Crippen LogP contribution in [-0.2, 0) is 0 Å². The molecule has 0 radical (unpaired) electrons. The largest absolute Gasteiger partial charge is 0.478 e. The fourth-order valence-electron chi connectivity index (χ4n) is 8.55. The Labute approximate surface area is 365 Å². The van der Waals surface area contributed by atoms with Crippen molar-refractivity contribution in [2.24, 2.45) is 0 Å². The van der Waals surface area contributed by atoms with Crippen molar-refractivity contribution in [3.63, 3.8) is 0 Å². The second-order valence-electron chi connectivity index (χ2n) is 15.9. The van der Waals surface area contributed by atoms with Crippen LogP contribution in [0.15, 0.2) is 97.1 Å². The second kappa shape index (κ2) is 15.7. The lowest BCUT2D eigenvalue weighted by atomic mass is 9.96. The van der Waals surface area contributed by atoms with E-state index in [2.05, 4.69) is 9.97 Å². The maximum absolute atomic E-state index is 12.9. The summed E-state index contributed by atoms with van der Waals surface area (Å²) in [6.07, 6.45) is 6.98. The average molecular weight is 847 g/mol. The van der Waals surface area contributed by atoms with Crippen molar-refractivity contribution in [1.82, 2.24) is 19.9 Å². The number of fused-ring (bicyclic) bond motifs is 8. The summed E-state index contributed by atoms with van der Waals surface area (Å²) in [5, 5.41) is 42.3. The molecule has 0 unspecified atom stereocenters. The van der Waals surface area contributed by atoms with E-state index in [1.165, 1.54) is 0 Å². The van der Waals surface area contributed by atoms with Crippen LogP contribution in [0.4, 0.5) is 0 Å². The average Bonchev–Trinajstić information content (AvgIpc) is 4.10. The molecule has 64 heavy (non-hydrogen) atoms. The minimum Gasteiger partial charge on any atom is -0.478 e. The van der Waals surface area contributed by atoms with Gasteiger partial charge < -0.3 is 30.4 Å². The number of aryl methyl sites for hydroxylation is 4. The fraction of sp³-hybridized carbons (Fsp3) is 0.0769. The van der Waals surface area contributed by atoms with Crippen LogP contribution in [0.2, 0.25) is 0 Å². The van der Waals surface area contributed by atoms with E-state index in [1.54, 1.807) is 149 Å². The van der Waals surface area contributed by atoms with Gasteiger partial charge >= 0.3 is 23.9 Å². The number of hydrogen-bond donors (Lipinski definition) is 6. The van der Waals surface area contributed by atoms with Gasteiger partial charge in [0, 0.05) is 66.6 Å². The molecule has 0 atom stereocenters. The molecule has 0 fully saturated rings. The van der Waals surface area contributed by atoms with Gasteiger partial charge in [0.15, 0.2) is 0 Å². The number of nitrogens with one attached hydrogen (secondary N) is 2. The lowest BCUT2D eigenvalue weighted by Crippen LogP contribution is -2.02. The van der Waals surface area contributed by atoms with Gasteiger partial charge in [0.05, 0.1) is 45.0 Å². The van der Waals surface area contributed by atoms with Crippen LogP contribution in [-0.4, -0.2) is 64.2 Å². The molecule has 12 nitrogen and oxygen atoms in total. The quantitative estimate of drug-likeness (QED) is 0.0853. The number of carboxylic acid groups (broad SMARTS) is 4. The molecule has 4 aromatic carbocycles. The van der Waals surface area contributed by atoms with Crippen molar-refractivity contribution in [3.05, 3.63) is 164 Å². The molecule has 0 aliphatic carbocycles. The van der Waals surface area contributed by atoms with Crippen molar-refractivity contribution in [1.29, 1.82) is 0 Å². The van der Waals surface area contributed by atoms with E-state index >= 15 is 0 Å². The smallest absolute Gasteiger partial charge is 0.336 e. The third kappa shape index (κ3) is 7.12. The van der Waals surface area contributed by atoms with Gasteiger partial charge in [0.1, 0.15) is 0 Å². The van der Waals surface area contributed by atoms with E-state index in [-0.39, 0.29) is 22.3 Å². The van der Waals surface area contributed by atoms with Crippen molar-refractivity contribution in [2.75, 3.05) is 0 Å². The van der Waals surface area contributed by atoms with Crippen LogP contribution in [0.25, 0.3) is 90.9 Å². The van der Waals surface area contributed by atoms with E-state index in [4.69, 9.17) is 9.97 Å². The lowest BCUT2D eigenvalue weighted by molar-refractivity contribution is 0.0686. The first kappa shape index (κ1) is 40.7. The molecule has 9 rings (SSSR count). The van der Waals surface area contributed by atoms with Gasteiger partial charge in [-0.05, 0) is 101 Å². The van der Waals surface area contributed by atoms with Gasteiger partial charge in [0.2, 0.25) is 0 Å². The number of nitrogens with zero attached hydrogens (tertiary/aromatic N) is 2. The third-order valence-electron chi connectivity index (χ3n) is 11.5.